The van der Waals surface area contributed by atoms with Gasteiger partial charge in [0.2, 0.25) is 0 Å². The Balaban J connectivity index is 2.32. The maximum absolute atomic E-state index is 13.2. The van der Waals surface area contributed by atoms with Crippen LogP contribution in [0.15, 0.2) is 36.4 Å². The minimum atomic E-state index is -0.460. The maximum Gasteiger partial charge on any atom is 0.270 e. The number of hydrogen-bond acceptors (Lipinski definition) is 3. The van der Waals surface area contributed by atoms with E-state index in [0.717, 1.165) is 0 Å². The summed E-state index contributed by atoms with van der Waals surface area (Å²) >= 11 is 3.27. The van der Waals surface area contributed by atoms with E-state index in [1.807, 2.05) is 0 Å². The van der Waals surface area contributed by atoms with Gasteiger partial charge in [0.15, 0.2) is 0 Å². The number of halogens is 2. The molecule has 2 rings (SSSR count). The summed E-state index contributed by atoms with van der Waals surface area (Å²) in [5.41, 5.74) is 1.13. The molecule has 0 saturated heterocycles. The molecule has 0 bridgehead atoms. The largest absolute Gasteiger partial charge is 0.457 e. The Morgan fingerprint density at radius 1 is 1.30 bits per heavy atom. The van der Waals surface area contributed by atoms with Crippen molar-refractivity contribution < 1.29 is 14.1 Å². The zero-order valence-corrected chi connectivity index (χ0v) is 12.2. The molecule has 2 aromatic rings. The highest BCUT2D eigenvalue weighted by Gasteiger charge is 2.12. The molecule has 0 aliphatic heterocycles. The van der Waals surface area contributed by atoms with Crippen LogP contribution in [-0.4, -0.2) is 4.92 Å². The van der Waals surface area contributed by atoms with Gasteiger partial charge in [0, 0.05) is 23.0 Å². The number of rotatable bonds is 4. The van der Waals surface area contributed by atoms with Gasteiger partial charge in [-0.3, -0.25) is 10.1 Å². The maximum atomic E-state index is 13.2. The zero-order chi connectivity index (χ0) is 14.7. The monoisotopic (exact) mass is 339 g/mol. The van der Waals surface area contributed by atoms with Crippen molar-refractivity contribution in [3.63, 3.8) is 0 Å². The van der Waals surface area contributed by atoms with Crippen LogP contribution in [0.4, 0.5) is 10.1 Å². The summed E-state index contributed by atoms with van der Waals surface area (Å²) < 4.78 is 18.8. The lowest BCUT2D eigenvalue weighted by molar-refractivity contribution is -0.384. The molecule has 0 amide bonds. The Hall–Kier alpha value is -1.95. The Morgan fingerprint density at radius 3 is 2.65 bits per heavy atom. The second-order valence-corrected chi connectivity index (χ2v) is 4.76. The number of aryl methyl sites for hydroxylation is 1. The van der Waals surface area contributed by atoms with Gasteiger partial charge >= 0.3 is 0 Å². The average molecular weight is 340 g/mol. The van der Waals surface area contributed by atoms with Gasteiger partial charge < -0.3 is 4.74 Å². The van der Waals surface area contributed by atoms with Gasteiger partial charge in [-0.1, -0.05) is 15.9 Å². The number of nitro groups is 1. The van der Waals surface area contributed by atoms with Crippen LogP contribution >= 0.6 is 15.9 Å². The summed E-state index contributed by atoms with van der Waals surface area (Å²) in [5, 5.41) is 11.1. The van der Waals surface area contributed by atoms with Crippen LogP contribution in [0.3, 0.4) is 0 Å². The van der Waals surface area contributed by atoms with Gasteiger partial charge in [-0.2, -0.15) is 0 Å². The summed E-state index contributed by atoms with van der Waals surface area (Å²) in [5.74, 6) is 0.681. The van der Waals surface area contributed by atoms with E-state index < -0.39 is 4.92 Å². The molecule has 0 heterocycles. The molecule has 0 aliphatic carbocycles. The normalized spacial score (nSPS) is 10.3. The zero-order valence-electron chi connectivity index (χ0n) is 10.6. The van der Waals surface area contributed by atoms with E-state index in [2.05, 4.69) is 15.9 Å². The minimum Gasteiger partial charge on any atom is -0.457 e. The number of benzene rings is 2. The summed E-state index contributed by atoms with van der Waals surface area (Å²) in [6.45, 7) is 1.64. The van der Waals surface area contributed by atoms with Crippen LogP contribution in [0, 0.1) is 22.9 Å². The molecular weight excluding hydrogens is 329 g/mol. The third-order valence-corrected chi connectivity index (χ3v) is 3.36. The Labute approximate surface area is 123 Å². The third-order valence-electron chi connectivity index (χ3n) is 2.76. The lowest BCUT2D eigenvalue weighted by Gasteiger charge is -2.10. The van der Waals surface area contributed by atoms with Gasteiger partial charge in [0.25, 0.3) is 5.69 Å². The van der Waals surface area contributed by atoms with Crippen LogP contribution in [0.1, 0.15) is 11.1 Å². The fourth-order valence-electron chi connectivity index (χ4n) is 1.69. The van der Waals surface area contributed by atoms with E-state index in [1.54, 1.807) is 13.0 Å². The second-order valence-electron chi connectivity index (χ2n) is 4.20. The van der Waals surface area contributed by atoms with Crippen LogP contribution in [0.2, 0.25) is 0 Å². The van der Waals surface area contributed by atoms with Crippen LogP contribution in [0.25, 0.3) is 0 Å². The molecule has 0 radical (unpaired) electrons. The molecule has 4 nitrogen and oxygen atoms in total. The average Bonchev–Trinajstić information content (AvgIpc) is 2.43. The summed E-state index contributed by atoms with van der Waals surface area (Å²) in [6, 6.07) is 8.77. The molecule has 6 heteroatoms. The molecule has 0 atom stereocenters. The molecule has 0 saturated carbocycles. The van der Waals surface area contributed by atoms with E-state index in [4.69, 9.17) is 4.74 Å². The lowest BCUT2D eigenvalue weighted by atomic mass is 10.2. The third kappa shape index (κ3) is 3.14. The molecule has 0 aromatic heterocycles. The van der Waals surface area contributed by atoms with Crippen molar-refractivity contribution in [2.45, 2.75) is 12.3 Å². The SMILES string of the molecule is Cc1cc(Oc2ccc([N+](=O)[O-])cc2CBr)ccc1F. The first-order valence-electron chi connectivity index (χ1n) is 5.78. The standard InChI is InChI=1S/C14H11BrFNO3/c1-9-6-12(3-4-13(9)16)20-14-5-2-11(17(18)19)7-10(14)8-15/h2-7H,8H2,1H3. The van der Waals surface area contributed by atoms with E-state index in [9.17, 15) is 14.5 Å². The number of ether oxygens (including phenoxy) is 1. The predicted molar refractivity (Wildman–Crippen MR) is 76.9 cm³/mol. The molecule has 0 unspecified atom stereocenters. The molecule has 0 aliphatic rings. The van der Waals surface area contributed by atoms with Crippen molar-refractivity contribution >= 4 is 21.6 Å². The van der Waals surface area contributed by atoms with Crippen molar-refractivity contribution in [1.29, 1.82) is 0 Å². The van der Waals surface area contributed by atoms with Crippen molar-refractivity contribution in [1.82, 2.24) is 0 Å². The van der Waals surface area contributed by atoms with Gasteiger partial charge in [-0.05, 0) is 36.8 Å². The smallest absolute Gasteiger partial charge is 0.270 e. The molecule has 20 heavy (non-hydrogen) atoms. The molecule has 104 valence electrons. The van der Waals surface area contributed by atoms with E-state index in [0.29, 0.717) is 28.0 Å². The van der Waals surface area contributed by atoms with Crippen molar-refractivity contribution in [3.8, 4) is 11.5 Å². The number of nitrogens with zero attached hydrogens (tertiary/aromatic N) is 1. The minimum absolute atomic E-state index is 0.00193. The first kappa shape index (κ1) is 14.5. The predicted octanol–water partition coefficient (Wildman–Crippen LogP) is 4.73. The number of hydrogen-bond donors (Lipinski definition) is 0. The highest BCUT2D eigenvalue weighted by molar-refractivity contribution is 9.08. The number of nitro benzene ring substituents is 1. The fourth-order valence-corrected chi connectivity index (χ4v) is 2.13. The first-order chi connectivity index (χ1) is 9.51. The van der Waals surface area contributed by atoms with E-state index >= 15 is 0 Å². The summed E-state index contributed by atoms with van der Waals surface area (Å²) in [7, 11) is 0. The lowest BCUT2D eigenvalue weighted by Crippen LogP contribution is -1.94. The van der Waals surface area contributed by atoms with E-state index in [-0.39, 0.29) is 11.5 Å². The van der Waals surface area contributed by atoms with Crippen molar-refractivity contribution in [2.24, 2.45) is 0 Å². The molecule has 2 aromatic carbocycles. The Bertz CT molecular complexity index is 661. The Morgan fingerprint density at radius 2 is 2.05 bits per heavy atom. The topological polar surface area (TPSA) is 52.4 Å². The van der Waals surface area contributed by atoms with Crippen LogP contribution in [-0.2, 0) is 5.33 Å². The van der Waals surface area contributed by atoms with Gasteiger partial charge in [0.1, 0.15) is 17.3 Å². The van der Waals surface area contributed by atoms with Gasteiger partial charge in [-0.25, -0.2) is 4.39 Å². The summed E-state index contributed by atoms with van der Waals surface area (Å²) in [6.07, 6.45) is 0. The van der Waals surface area contributed by atoms with Gasteiger partial charge in [0.05, 0.1) is 4.92 Å². The second kappa shape index (κ2) is 6.00. The highest BCUT2D eigenvalue weighted by atomic mass is 79.9. The highest BCUT2D eigenvalue weighted by Crippen LogP contribution is 2.30. The molecular formula is C14H11BrFNO3. The van der Waals surface area contributed by atoms with E-state index in [1.165, 1.54) is 30.3 Å². The van der Waals surface area contributed by atoms with Crippen LogP contribution in [0.5, 0.6) is 11.5 Å². The number of alkyl halides is 1. The molecule has 0 fully saturated rings. The van der Waals surface area contributed by atoms with Crippen LogP contribution < -0.4 is 4.74 Å². The molecule has 0 spiro atoms. The fraction of sp³-hybridized carbons (Fsp3) is 0.143. The quantitative estimate of drug-likeness (QED) is 0.459. The van der Waals surface area contributed by atoms with Gasteiger partial charge in [-0.15, -0.1) is 0 Å². The van der Waals surface area contributed by atoms with Crippen molar-refractivity contribution in [3.05, 3.63) is 63.5 Å². The van der Waals surface area contributed by atoms with Crippen molar-refractivity contribution in [2.75, 3.05) is 0 Å². The summed E-state index contributed by atoms with van der Waals surface area (Å²) in [4.78, 5) is 10.3. The Kier molecular flexibility index (Phi) is 4.34. The molecule has 0 N–H and O–H groups in total. The number of non-ortho nitro benzene ring substituents is 1. The first-order valence-corrected chi connectivity index (χ1v) is 6.90.